The molecule has 0 aliphatic heterocycles. The number of halogens is 2. The molecule has 0 aliphatic rings. The zero-order valence-electron chi connectivity index (χ0n) is 15.1. The van der Waals surface area contributed by atoms with Crippen LogP contribution in [0.1, 0.15) is 53.3 Å². The number of benzene rings is 2. The molecule has 5 nitrogen and oxygen atoms in total. The number of carbonyl (C=O) groups excluding carboxylic acids is 2. The first-order chi connectivity index (χ1) is 13.0. The van der Waals surface area contributed by atoms with E-state index >= 15 is 0 Å². The number of nitrogens with one attached hydrogen (secondary N) is 2. The van der Waals surface area contributed by atoms with Crippen LogP contribution in [0, 0.1) is 0 Å². The van der Waals surface area contributed by atoms with Crippen LogP contribution >= 0.6 is 31.9 Å². The highest BCUT2D eigenvalue weighted by molar-refractivity contribution is 9.10. The summed E-state index contributed by atoms with van der Waals surface area (Å²) in [4.78, 5) is 24.4. The van der Waals surface area contributed by atoms with E-state index in [1.54, 1.807) is 36.4 Å². The molecule has 2 aromatic rings. The average molecular weight is 498 g/mol. The van der Waals surface area contributed by atoms with Gasteiger partial charge < -0.3 is 4.74 Å². The third kappa shape index (κ3) is 6.66. The molecule has 0 fully saturated rings. The molecule has 0 saturated heterocycles. The first-order valence-electron chi connectivity index (χ1n) is 8.80. The van der Waals surface area contributed by atoms with E-state index in [9.17, 15) is 9.59 Å². The largest absolute Gasteiger partial charge is 0.492 e. The normalized spacial score (nSPS) is 10.3. The summed E-state index contributed by atoms with van der Waals surface area (Å²) in [5, 5.41) is 0. The standard InChI is InChI=1S/C20H22Br2N2O3/c1-2-3-4-7-12-27-18-11-10-14(13-17(18)22)19(25)23-24-20(26)15-8-5-6-9-16(15)21/h5-6,8-11,13H,2-4,7,12H2,1H3,(H,23,25)(H,24,26). The predicted molar refractivity (Wildman–Crippen MR) is 113 cm³/mol. The van der Waals surface area contributed by atoms with Crippen LogP contribution < -0.4 is 15.6 Å². The maximum Gasteiger partial charge on any atom is 0.270 e. The van der Waals surface area contributed by atoms with Crippen LogP contribution in [0.15, 0.2) is 51.4 Å². The van der Waals surface area contributed by atoms with Gasteiger partial charge in [0.1, 0.15) is 5.75 Å². The van der Waals surface area contributed by atoms with E-state index in [4.69, 9.17) is 4.74 Å². The smallest absolute Gasteiger partial charge is 0.270 e. The van der Waals surface area contributed by atoms with Crippen molar-refractivity contribution in [3.05, 3.63) is 62.5 Å². The highest BCUT2D eigenvalue weighted by Gasteiger charge is 2.13. The van der Waals surface area contributed by atoms with Crippen LogP contribution in [-0.2, 0) is 0 Å². The van der Waals surface area contributed by atoms with Crippen molar-refractivity contribution in [2.45, 2.75) is 32.6 Å². The maximum atomic E-state index is 12.3. The number of carbonyl (C=O) groups is 2. The van der Waals surface area contributed by atoms with E-state index < -0.39 is 11.8 Å². The van der Waals surface area contributed by atoms with Gasteiger partial charge in [0.2, 0.25) is 0 Å². The first-order valence-corrected chi connectivity index (χ1v) is 10.4. The summed E-state index contributed by atoms with van der Waals surface area (Å²) in [5.74, 6) is -0.118. The summed E-state index contributed by atoms with van der Waals surface area (Å²) >= 11 is 6.73. The number of hydrazine groups is 1. The Kier molecular flexibility index (Phi) is 8.81. The highest BCUT2D eigenvalue weighted by atomic mass is 79.9. The molecule has 0 spiro atoms. The van der Waals surface area contributed by atoms with Gasteiger partial charge in [-0.25, -0.2) is 0 Å². The molecule has 2 amide bonds. The molecule has 0 saturated carbocycles. The molecule has 0 aliphatic carbocycles. The lowest BCUT2D eigenvalue weighted by Crippen LogP contribution is -2.41. The Morgan fingerprint density at radius 1 is 0.926 bits per heavy atom. The van der Waals surface area contributed by atoms with Gasteiger partial charge in [-0.15, -0.1) is 0 Å². The summed E-state index contributed by atoms with van der Waals surface area (Å²) in [6.07, 6.45) is 4.54. The Morgan fingerprint density at radius 2 is 1.67 bits per heavy atom. The minimum absolute atomic E-state index is 0.401. The van der Waals surface area contributed by atoms with Gasteiger partial charge in [-0.3, -0.25) is 20.4 Å². The second kappa shape index (κ2) is 11.1. The van der Waals surface area contributed by atoms with Crippen LogP contribution in [0.3, 0.4) is 0 Å². The van der Waals surface area contributed by atoms with Gasteiger partial charge in [0.05, 0.1) is 16.6 Å². The van der Waals surface area contributed by atoms with Gasteiger partial charge in [-0.2, -0.15) is 0 Å². The fourth-order valence-electron chi connectivity index (χ4n) is 2.37. The summed E-state index contributed by atoms with van der Waals surface area (Å²) in [6.45, 7) is 2.81. The van der Waals surface area contributed by atoms with Crippen molar-refractivity contribution in [3.8, 4) is 5.75 Å². The highest BCUT2D eigenvalue weighted by Crippen LogP contribution is 2.26. The molecule has 0 aromatic heterocycles. The van der Waals surface area contributed by atoms with E-state index in [1.165, 1.54) is 12.8 Å². The SMILES string of the molecule is CCCCCCOc1ccc(C(=O)NNC(=O)c2ccccc2Br)cc1Br. The Balaban J connectivity index is 1.88. The van der Waals surface area contributed by atoms with Crippen molar-refractivity contribution < 1.29 is 14.3 Å². The number of rotatable bonds is 8. The van der Waals surface area contributed by atoms with Crippen LogP contribution in [0.2, 0.25) is 0 Å². The van der Waals surface area contributed by atoms with Crippen molar-refractivity contribution in [3.63, 3.8) is 0 Å². The summed E-state index contributed by atoms with van der Waals surface area (Å²) in [6, 6.07) is 12.1. The molecule has 0 bridgehead atoms. The molecule has 144 valence electrons. The number of ether oxygens (including phenoxy) is 1. The maximum absolute atomic E-state index is 12.3. The van der Waals surface area contributed by atoms with Crippen molar-refractivity contribution in [2.24, 2.45) is 0 Å². The van der Waals surface area contributed by atoms with Crippen molar-refractivity contribution >= 4 is 43.7 Å². The van der Waals surface area contributed by atoms with Gasteiger partial charge in [0.15, 0.2) is 0 Å². The zero-order valence-corrected chi connectivity index (χ0v) is 18.2. The number of hydrogen-bond acceptors (Lipinski definition) is 3. The minimum atomic E-state index is -0.411. The summed E-state index contributed by atoms with van der Waals surface area (Å²) in [7, 11) is 0. The first kappa shape index (κ1) is 21.4. The molecular weight excluding hydrogens is 476 g/mol. The van der Waals surface area contributed by atoms with Crippen LogP contribution in [-0.4, -0.2) is 18.4 Å². The Hall–Kier alpha value is -1.86. The molecule has 0 radical (unpaired) electrons. The fourth-order valence-corrected chi connectivity index (χ4v) is 3.33. The molecule has 7 heteroatoms. The van der Waals surface area contributed by atoms with E-state index in [0.29, 0.717) is 32.4 Å². The molecule has 2 aromatic carbocycles. The fraction of sp³-hybridized carbons (Fsp3) is 0.300. The molecule has 0 unspecified atom stereocenters. The van der Waals surface area contributed by atoms with E-state index in [0.717, 1.165) is 12.8 Å². The van der Waals surface area contributed by atoms with Gasteiger partial charge in [-0.1, -0.05) is 38.3 Å². The van der Waals surface area contributed by atoms with Crippen LogP contribution in [0.25, 0.3) is 0 Å². The second-order valence-corrected chi connectivity index (χ2v) is 7.65. The zero-order chi connectivity index (χ0) is 19.6. The number of unbranched alkanes of at least 4 members (excludes halogenated alkanes) is 3. The Labute approximate surface area is 176 Å². The van der Waals surface area contributed by atoms with Gasteiger partial charge in [-0.05, 0) is 68.6 Å². The lowest BCUT2D eigenvalue weighted by Gasteiger charge is -2.11. The number of hydrogen-bond donors (Lipinski definition) is 2. The molecule has 2 N–H and O–H groups in total. The van der Waals surface area contributed by atoms with Gasteiger partial charge in [0.25, 0.3) is 11.8 Å². The molecule has 27 heavy (non-hydrogen) atoms. The lowest BCUT2D eigenvalue weighted by molar-refractivity contribution is 0.0846. The average Bonchev–Trinajstić information content (AvgIpc) is 2.67. The van der Waals surface area contributed by atoms with Gasteiger partial charge in [0, 0.05) is 10.0 Å². The monoisotopic (exact) mass is 496 g/mol. The Bertz CT molecular complexity index is 797. The second-order valence-electron chi connectivity index (χ2n) is 5.94. The third-order valence-electron chi connectivity index (χ3n) is 3.86. The van der Waals surface area contributed by atoms with Crippen molar-refractivity contribution in [2.75, 3.05) is 6.61 Å². The predicted octanol–water partition coefficient (Wildman–Crippen LogP) is 5.25. The molecule has 2 rings (SSSR count). The molecular formula is C20H22Br2N2O3. The van der Waals surface area contributed by atoms with E-state index in [2.05, 4.69) is 49.6 Å². The van der Waals surface area contributed by atoms with E-state index in [1.807, 2.05) is 6.07 Å². The van der Waals surface area contributed by atoms with Crippen molar-refractivity contribution in [1.29, 1.82) is 0 Å². The lowest BCUT2D eigenvalue weighted by atomic mass is 10.2. The molecule has 0 heterocycles. The molecule has 0 atom stereocenters. The quantitative estimate of drug-likeness (QED) is 0.386. The summed E-state index contributed by atoms with van der Waals surface area (Å²) in [5.41, 5.74) is 5.67. The topological polar surface area (TPSA) is 67.4 Å². The summed E-state index contributed by atoms with van der Waals surface area (Å²) < 4.78 is 7.08. The third-order valence-corrected chi connectivity index (χ3v) is 5.17. The van der Waals surface area contributed by atoms with Crippen molar-refractivity contribution in [1.82, 2.24) is 10.9 Å². The number of amides is 2. The van der Waals surface area contributed by atoms with E-state index in [-0.39, 0.29) is 0 Å². The minimum Gasteiger partial charge on any atom is -0.492 e. The Morgan fingerprint density at radius 3 is 2.37 bits per heavy atom. The van der Waals surface area contributed by atoms with Crippen LogP contribution in [0.5, 0.6) is 5.75 Å². The van der Waals surface area contributed by atoms with Gasteiger partial charge >= 0.3 is 0 Å². The van der Waals surface area contributed by atoms with Crippen LogP contribution in [0.4, 0.5) is 0 Å².